The first-order valence-electron chi connectivity index (χ1n) is 7.19. The van der Waals surface area contributed by atoms with E-state index in [2.05, 4.69) is 0 Å². The maximum Gasteiger partial charge on any atom is 0.119 e. The smallest absolute Gasteiger partial charge is 0.119 e. The number of aliphatic hydroxyl groups is 1. The molecule has 1 unspecified atom stereocenters. The number of rotatable bonds is 6. The molecule has 3 heteroatoms. The van der Waals surface area contributed by atoms with Crippen molar-refractivity contribution in [1.29, 1.82) is 5.41 Å². The Hall–Kier alpha value is -1.35. The summed E-state index contributed by atoms with van der Waals surface area (Å²) in [6.07, 6.45) is 7.55. The first-order chi connectivity index (χ1) is 9.29. The van der Waals surface area contributed by atoms with Crippen molar-refractivity contribution in [2.24, 2.45) is 5.92 Å². The number of benzene rings is 1. The van der Waals surface area contributed by atoms with Crippen molar-refractivity contribution in [2.45, 2.75) is 44.6 Å². The lowest BCUT2D eigenvalue weighted by molar-refractivity contribution is 0.185. The van der Waals surface area contributed by atoms with Gasteiger partial charge in [-0.1, -0.05) is 31.4 Å². The molecule has 1 aromatic carbocycles. The highest BCUT2D eigenvalue weighted by atomic mass is 16.5. The van der Waals surface area contributed by atoms with Gasteiger partial charge in [-0.25, -0.2) is 0 Å². The van der Waals surface area contributed by atoms with Crippen molar-refractivity contribution in [1.82, 2.24) is 0 Å². The van der Waals surface area contributed by atoms with Crippen molar-refractivity contribution in [3.8, 4) is 5.75 Å². The number of ether oxygens (including phenoxy) is 1. The summed E-state index contributed by atoms with van der Waals surface area (Å²) in [5.41, 5.74) is 0.824. The summed E-state index contributed by atoms with van der Waals surface area (Å²) in [7, 11) is 0. The molecule has 19 heavy (non-hydrogen) atoms. The summed E-state index contributed by atoms with van der Waals surface area (Å²) in [6, 6.07) is 7.60. The molecule has 0 aromatic heterocycles. The van der Waals surface area contributed by atoms with Crippen LogP contribution in [0.3, 0.4) is 0 Å². The van der Waals surface area contributed by atoms with Crippen LogP contribution >= 0.6 is 0 Å². The maximum absolute atomic E-state index is 9.86. The predicted molar refractivity (Wildman–Crippen MR) is 76.9 cm³/mol. The monoisotopic (exact) mass is 261 g/mol. The second-order valence-corrected chi connectivity index (χ2v) is 5.34. The first-order valence-corrected chi connectivity index (χ1v) is 7.19. The summed E-state index contributed by atoms with van der Waals surface area (Å²) < 4.78 is 5.85. The molecule has 1 saturated carbocycles. The van der Waals surface area contributed by atoms with E-state index in [1.807, 2.05) is 24.3 Å². The zero-order chi connectivity index (χ0) is 13.5. The van der Waals surface area contributed by atoms with E-state index in [4.69, 9.17) is 10.1 Å². The van der Waals surface area contributed by atoms with Crippen molar-refractivity contribution in [3.05, 3.63) is 29.8 Å². The van der Waals surface area contributed by atoms with Gasteiger partial charge in [-0.05, 0) is 42.7 Å². The molecule has 2 N–H and O–H groups in total. The van der Waals surface area contributed by atoms with Gasteiger partial charge in [0.15, 0.2) is 0 Å². The molecule has 1 atom stereocenters. The Labute approximate surface area is 115 Å². The first kappa shape index (κ1) is 14.1. The topological polar surface area (TPSA) is 53.3 Å². The van der Waals surface area contributed by atoms with Crippen LogP contribution in [0.2, 0.25) is 0 Å². The van der Waals surface area contributed by atoms with E-state index in [0.717, 1.165) is 17.9 Å². The average molecular weight is 261 g/mol. The highest BCUT2D eigenvalue weighted by Gasteiger charge is 2.14. The standard InChI is InChI=1S/C16H23NO2/c17-10-9-16(18)14-7-4-8-15(11-14)19-12-13-5-2-1-3-6-13/h4,7-8,10-11,13,16-18H,1-3,5-6,9,12H2. The fourth-order valence-electron chi connectivity index (χ4n) is 2.63. The molecule has 3 nitrogen and oxygen atoms in total. The van der Waals surface area contributed by atoms with Crippen LogP contribution in [0.5, 0.6) is 5.75 Å². The maximum atomic E-state index is 9.86. The van der Waals surface area contributed by atoms with Crippen LogP contribution in [0.15, 0.2) is 24.3 Å². The van der Waals surface area contributed by atoms with Crippen LogP contribution in [0.25, 0.3) is 0 Å². The molecule has 0 radical (unpaired) electrons. The van der Waals surface area contributed by atoms with Gasteiger partial charge in [0.1, 0.15) is 5.75 Å². The minimum atomic E-state index is -0.601. The van der Waals surface area contributed by atoms with E-state index in [9.17, 15) is 5.11 Å². The summed E-state index contributed by atoms with van der Waals surface area (Å²) in [4.78, 5) is 0. The summed E-state index contributed by atoms with van der Waals surface area (Å²) in [5, 5.41) is 16.9. The van der Waals surface area contributed by atoms with E-state index in [1.54, 1.807) is 0 Å². The molecule has 1 fully saturated rings. The van der Waals surface area contributed by atoms with Gasteiger partial charge in [-0.2, -0.15) is 0 Å². The lowest BCUT2D eigenvalue weighted by Gasteiger charge is -2.22. The third kappa shape index (κ3) is 4.35. The van der Waals surface area contributed by atoms with Crippen molar-refractivity contribution in [2.75, 3.05) is 6.61 Å². The zero-order valence-electron chi connectivity index (χ0n) is 11.3. The minimum absolute atomic E-state index is 0.353. The van der Waals surface area contributed by atoms with Gasteiger partial charge in [0, 0.05) is 6.42 Å². The molecular formula is C16H23NO2. The molecule has 0 bridgehead atoms. The summed E-state index contributed by atoms with van der Waals surface area (Å²) in [6.45, 7) is 0.782. The Morgan fingerprint density at radius 3 is 2.84 bits per heavy atom. The fourth-order valence-corrected chi connectivity index (χ4v) is 2.63. The number of aliphatic hydroxyl groups excluding tert-OH is 1. The average Bonchev–Trinajstić information content (AvgIpc) is 2.47. The van der Waals surface area contributed by atoms with Crippen molar-refractivity contribution < 1.29 is 9.84 Å². The third-order valence-corrected chi connectivity index (χ3v) is 3.79. The highest BCUT2D eigenvalue weighted by molar-refractivity contribution is 5.54. The summed E-state index contributed by atoms with van der Waals surface area (Å²) in [5.74, 6) is 1.51. The Bertz CT molecular complexity index is 399. The van der Waals surface area contributed by atoms with Gasteiger partial charge in [-0.15, -0.1) is 0 Å². The largest absolute Gasteiger partial charge is 0.493 e. The van der Waals surface area contributed by atoms with Gasteiger partial charge >= 0.3 is 0 Å². The molecule has 0 saturated heterocycles. The Morgan fingerprint density at radius 2 is 2.11 bits per heavy atom. The zero-order valence-corrected chi connectivity index (χ0v) is 11.3. The number of nitrogens with one attached hydrogen (secondary N) is 1. The predicted octanol–water partition coefficient (Wildman–Crippen LogP) is 3.72. The molecule has 1 aromatic rings. The third-order valence-electron chi connectivity index (χ3n) is 3.79. The lowest BCUT2D eigenvalue weighted by atomic mass is 9.90. The van der Waals surface area contributed by atoms with Crippen LogP contribution in [0.1, 0.15) is 50.2 Å². The molecule has 2 rings (SSSR count). The molecule has 0 heterocycles. The number of hydrogen-bond acceptors (Lipinski definition) is 3. The Morgan fingerprint density at radius 1 is 1.32 bits per heavy atom. The van der Waals surface area contributed by atoms with Gasteiger partial charge in [-0.3, -0.25) is 0 Å². The molecule has 1 aliphatic rings. The van der Waals surface area contributed by atoms with Crippen LogP contribution in [0, 0.1) is 11.3 Å². The minimum Gasteiger partial charge on any atom is -0.493 e. The van der Waals surface area contributed by atoms with Crippen LogP contribution in [0.4, 0.5) is 0 Å². The Kier molecular flexibility index (Phi) is 5.40. The molecule has 0 amide bonds. The highest BCUT2D eigenvalue weighted by Crippen LogP contribution is 2.26. The van der Waals surface area contributed by atoms with Gasteiger partial charge in [0.25, 0.3) is 0 Å². The van der Waals surface area contributed by atoms with Gasteiger partial charge in [0.05, 0.1) is 12.7 Å². The molecule has 0 spiro atoms. The molecule has 0 aliphatic heterocycles. The molecular weight excluding hydrogens is 238 g/mol. The van der Waals surface area contributed by atoms with Gasteiger partial charge in [0.2, 0.25) is 0 Å². The lowest BCUT2D eigenvalue weighted by Crippen LogP contribution is -2.15. The Balaban J connectivity index is 1.89. The van der Waals surface area contributed by atoms with Crippen molar-refractivity contribution >= 4 is 6.21 Å². The van der Waals surface area contributed by atoms with E-state index in [-0.39, 0.29) is 0 Å². The van der Waals surface area contributed by atoms with E-state index in [1.165, 1.54) is 38.3 Å². The van der Waals surface area contributed by atoms with E-state index in [0.29, 0.717) is 12.3 Å². The van der Waals surface area contributed by atoms with E-state index >= 15 is 0 Å². The van der Waals surface area contributed by atoms with Gasteiger partial charge < -0.3 is 15.3 Å². The van der Waals surface area contributed by atoms with Crippen LogP contribution in [-0.2, 0) is 0 Å². The summed E-state index contributed by atoms with van der Waals surface area (Å²) >= 11 is 0. The van der Waals surface area contributed by atoms with Crippen LogP contribution < -0.4 is 4.74 Å². The normalized spacial score (nSPS) is 17.9. The van der Waals surface area contributed by atoms with E-state index < -0.39 is 6.10 Å². The quantitative estimate of drug-likeness (QED) is 0.767. The SMILES string of the molecule is N=CCC(O)c1cccc(OCC2CCCCC2)c1. The second-order valence-electron chi connectivity index (χ2n) is 5.34. The fraction of sp³-hybridized carbons (Fsp3) is 0.562. The molecule has 104 valence electrons. The number of hydrogen-bond donors (Lipinski definition) is 2. The molecule has 1 aliphatic carbocycles. The van der Waals surface area contributed by atoms with Crippen LogP contribution in [-0.4, -0.2) is 17.9 Å². The van der Waals surface area contributed by atoms with Crippen molar-refractivity contribution in [3.63, 3.8) is 0 Å². The second kappa shape index (κ2) is 7.29.